The van der Waals surface area contributed by atoms with E-state index in [0.717, 1.165) is 70.9 Å². The van der Waals surface area contributed by atoms with Gasteiger partial charge in [-0.05, 0) is 110 Å². The molecule has 54 heavy (non-hydrogen) atoms. The highest BCUT2D eigenvalue weighted by atomic mass is 35.5. The number of aryl methyl sites for hydroxylation is 2. The minimum absolute atomic E-state index is 0.0766. The van der Waals surface area contributed by atoms with Crippen molar-refractivity contribution in [3.8, 4) is 0 Å². The molecule has 0 heterocycles. The van der Waals surface area contributed by atoms with Crippen molar-refractivity contribution in [3.63, 3.8) is 0 Å². The van der Waals surface area contributed by atoms with Crippen LogP contribution in [0, 0.1) is 0 Å². The lowest BCUT2D eigenvalue weighted by atomic mass is 10.0. The van der Waals surface area contributed by atoms with Crippen molar-refractivity contribution in [1.29, 1.82) is 0 Å². The predicted molar refractivity (Wildman–Crippen MR) is 206 cm³/mol. The van der Waals surface area contributed by atoms with Crippen LogP contribution in [0.15, 0.2) is 105 Å². The molecule has 0 fully saturated rings. The van der Waals surface area contributed by atoms with Gasteiger partial charge in [0.2, 0.25) is 0 Å². The molecule has 16 heteroatoms. The lowest BCUT2D eigenvalue weighted by molar-refractivity contribution is -0.138. The summed E-state index contributed by atoms with van der Waals surface area (Å²) >= 11 is 15.3. The number of unbranched alkanes of at least 4 members (excludes halogenated alkanes) is 2. The number of halogens is 8. The van der Waals surface area contributed by atoms with Gasteiger partial charge in [-0.25, -0.2) is 0 Å². The Kier molecular flexibility index (Phi) is 17.6. The smallest absolute Gasteiger partial charge is 0.326 e. The first-order valence-electron chi connectivity index (χ1n) is 17.1. The van der Waals surface area contributed by atoms with Gasteiger partial charge in [0, 0.05) is 41.7 Å². The van der Waals surface area contributed by atoms with Gasteiger partial charge in [0.1, 0.15) is 0 Å². The molecule has 0 saturated carbocycles. The monoisotopic (exact) mass is 852 g/mol. The molecular formula is C38H41Cl2F6N2O3PS2. The first kappa shape index (κ1) is 44.5. The van der Waals surface area contributed by atoms with Gasteiger partial charge in [0.25, 0.3) is 0 Å². The van der Waals surface area contributed by atoms with Crippen LogP contribution in [0.25, 0.3) is 0 Å². The van der Waals surface area contributed by atoms with Gasteiger partial charge in [-0.3, -0.25) is 4.57 Å². The highest BCUT2D eigenvalue weighted by Crippen LogP contribution is 2.37. The second-order valence-electron chi connectivity index (χ2n) is 12.6. The zero-order valence-corrected chi connectivity index (χ0v) is 33.2. The van der Waals surface area contributed by atoms with Gasteiger partial charge >= 0.3 is 20.6 Å². The van der Waals surface area contributed by atoms with Crippen LogP contribution in [0.4, 0.5) is 26.3 Å². The van der Waals surface area contributed by atoms with Crippen LogP contribution < -0.4 is 11.5 Å². The number of alkyl halides is 6. The molecule has 5 nitrogen and oxygen atoms in total. The molecule has 4 N–H and O–H groups in total. The third kappa shape index (κ3) is 15.4. The van der Waals surface area contributed by atoms with Crippen molar-refractivity contribution in [2.45, 2.75) is 95.4 Å². The van der Waals surface area contributed by atoms with E-state index in [9.17, 15) is 30.9 Å². The SMILES string of the molecule is N[C@@H](CCCCc1ccc(Sc2cccc(C(F)(F)F)c2)cc1Cl)CO[PH](=O)OC[C@@H](N)CCCCc1ccc(Sc2cccc(C(F)(F)F)c2)cc1Cl. The number of nitrogens with two attached hydrogens (primary N) is 2. The summed E-state index contributed by atoms with van der Waals surface area (Å²) in [5.74, 6) is 0. The molecule has 0 radical (unpaired) electrons. The second kappa shape index (κ2) is 21.4. The summed E-state index contributed by atoms with van der Waals surface area (Å²) in [5.41, 5.74) is 12.7. The van der Waals surface area contributed by atoms with E-state index in [1.165, 1.54) is 35.7 Å². The number of benzene rings is 4. The Labute approximate surface area is 330 Å². The first-order valence-corrected chi connectivity index (χ1v) is 20.8. The van der Waals surface area contributed by atoms with Crippen LogP contribution in [0.5, 0.6) is 0 Å². The topological polar surface area (TPSA) is 87.6 Å². The van der Waals surface area contributed by atoms with E-state index in [1.807, 2.05) is 24.3 Å². The molecule has 0 spiro atoms. The molecule has 0 saturated heterocycles. The quantitative estimate of drug-likeness (QED) is 0.0520. The van der Waals surface area contributed by atoms with Gasteiger partial charge in [-0.1, -0.05) is 83.8 Å². The summed E-state index contributed by atoms with van der Waals surface area (Å²) in [7, 11) is -2.77. The Morgan fingerprint density at radius 1 is 0.593 bits per heavy atom. The van der Waals surface area contributed by atoms with Crippen LogP contribution in [0.2, 0.25) is 10.0 Å². The van der Waals surface area contributed by atoms with E-state index >= 15 is 0 Å². The first-order chi connectivity index (χ1) is 25.6. The van der Waals surface area contributed by atoms with E-state index in [1.54, 1.807) is 24.3 Å². The molecule has 4 aromatic carbocycles. The van der Waals surface area contributed by atoms with E-state index in [2.05, 4.69) is 0 Å². The lowest BCUT2D eigenvalue weighted by Crippen LogP contribution is -2.26. The molecule has 0 aliphatic heterocycles. The van der Waals surface area contributed by atoms with Crippen molar-refractivity contribution < 1.29 is 40.0 Å². The maximum Gasteiger partial charge on any atom is 0.416 e. The highest BCUT2D eigenvalue weighted by molar-refractivity contribution is 7.99. The average Bonchev–Trinajstić information content (AvgIpc) is 3.11. The van der Waals surface area contributed by atoms with E-state index in [0.29, 0.717) is 45.5 Å². The average molecular weight is 854 g/mol. The van der Waals surface area contributed by atoms with Crippen LogP contribution in [-0.2, 0) is 38.8 Å². The van der Waals surface area contributed by atoms with Crippen molar-refractivity contribution in [2.24, 2.45) is 11.5 Å². The third-order valence-electron chi connectivity index (χ3n) is 8.22. The summed E-state index contributed by atoms with van der Waals surface area (Å²) in [6.07, 6.45) is -2.98. The lowest BCUT2D eigenvalue weighted by Gasteiger charge is -2.14. The Morgan fingerprint density at radius 2 is 0.981 bits per heavy atom. The molecule has 0 unspecified atom stereocenters. The Morgan fingerprint density at radius 3 is 1.35 bits per heavy atom. The number of rotatable bonds is 20. The van der Waals surface area contributed by atoms with Gasteiger partial charge in [-0.2, -0.15) is 26.3 Å². The van der Waals surface area contributed by atoms with Crippen LogP contribution in [0.1, 0.15) is 60.8 Å². The summed E-state index contributed by atoms with van der Waals surface area (Å²) in [5, 5.41) is 1.08. The molecule has 0 aliphatic rings. The fourth-order valence-corrected chi connectivity index (χ4v) is 8.63. The maximum absolute atomic E-state index is 13.0. The molecule has 0 bridgehead atoms. The third-order valence-corrected chi connectivity index (χ3v) is 11.7. The fraction of sp³-hybridized carbons (Fsp3) is 0.368. The number of hydrogen-bond acceptors (Lipinski definition) is 7. The van der Waals surface area contributed by atoms with Crippen molar-refractivity contribution >= 4 is 55.0 Å². The number of hydrogen-bond donors (Lipinski definition) is 2. The Hall–Kier alpha value is -2.19. The fourth-order valence-electron chi connectivity index (χ4n) is 5.33. The minimum atomic E-state index is -4.40. The zero-order valence-electron chi connectivity index (χ0n) is 29.0. The van der Waals surface area contributed by atoms with Crippen molar-refractivity contribution in [1.82, 2.24) is 0 Å². The molecule has 4 aromatic rings. The van der Waals surface area contributed by atoms with Gasteiger partial charge in [0.05, 0.1) is 24.3 Å². The molecular weight excluding hydrogens is 812 g/mol. The summed E-state index contributed by atoms with van der Waals surface area (Å²) in [6, 6.07) is 20.6. The minimum Gasteiger partial charge on any atom is -0.326 e. The van der Waals surface area contributed by atoms with Crippen molar-refractivity contribution in [3.05, 3.63) is 117 Å². The maximum atomic E-state index is 13.0. The Bertz CT molecular complexity index is 1710. The predicted octanol–water partition coefficient (Wildman–Crippen LogP) is 12.5. The molecule has 2 atom stereocenters. The molecule has 0 aromatic heterocycles. The van der Waals surface area contributed by atoms with Crippen molar-refractivity contribution in [2.75, 3.05) is 13.2 Å². The molecule has 294 valence electrons. The van der Waals surface area contributed by atoms with Gasteiger partial charge < -0.3 is 20.5 Å². The zero-order chi connectivity index (χ0) is 39.3. The van der Waals surface area contributed by atoms with Gasteiger partial charge in [0.15, 0.2) is 0 Å². The van der Waals surface area contributed by atoms with E-state index < -0.39 is 31.7 Å². The Balaban J connectivity index is 1.05. The summed E-state index contributed by atoms with van der Waals surface area (Å²) in [6.45, 7) is 0.153. The van der Waals surface area contributed by atoms with Crippen LogP contribution in [0.3, 0.4) is 0 Å². The van der Waals surface area contributed by atoms with E-state index in [-0.39, 0.29) is 25.3 Å². The molecule has 0 amide bonds. The summed E-state index contributed by atoms with van der Waals surface area (Å²) < 4.78 is 101. The summed E-state index contributed by atoms with van der Waals surface area (Å²) in [4.78, 5) is 2.42. The molecule has 0 aliphatic carbocycles. The standard InChI is InChI=1S/C38H41Cl2F6N2O3PS2/c39-35-21-33(53-31-13-5-9-27(19-31)37(41,42)43)17-15-25(35)7-1-3-11-29(47)23-50-52(49)51-24-30(48)12-4-2-8-26-16-18-34(22-36(26)40)54-32-14-6-10-28(20-32)38(44,45)46/h5-6,9-10,13-22,29-30,52H,1-4,7-8,11-12,23-24,47-48H2/t29-,30-/m0/s1. The van der Waals surface area contributed by atoms with Gasteiger partial charge in [-0.15, -0.1) is 0 Å². The largest absolute Gasteiger partial charge is 0.416 e. The molecule has 4 rings (SSSR count). The van der Waals surface area contributed by atoms with Crippen LogP contribution >= 0.6 is 55.0 Å². The normalized spacial score (nSPS) is 13.4. The van der Waals surface area contributed by atoms with E-state index in [4.69, 9.17) is 43.7 Å². The highest BCUT2D eigenvalue weighted by Gasteiger charge is 2.31. The van der Waals surface area contributed by atoms with Crippen LogP contribution in [-0.4, -0.2) is 25.3 Å². The second-order valence-corrected chi connectivity index (χ2v) is 16.8.